The van der Waals surface area contributed by atoms with Gasteiger partial charge in [0.2, 0.25) is 0 Å². The molecule has 5 nitrogen and oxygen atoms in total. The summed E-state index contributed by atoms with van der Waals surface area (Å²) in [4.78, 5) is 24.5. The zero-order chi connectivity index (χ0) is 15.7. The number of carbonyl (C=O) groups is 1. The zero-order valence-corrected chi connectivity index (χ0v) is 13.0. The molecule has 1 heterocycles. The second-order valence-electron chi connectivity index (χ2n) is 4.83. The van der Waals surface area contributed by atoms with E-state index in [4.69, 9.17) is 0 Å². The Balaban J connectivity index is 1.93. The van der Waals surface area contributed by atoms with Crippen LogP contribution in [0, 0.1) is 10.1 Å². The summed E-state index contributed by atoms with van der Waals surface area (Å²) in [6.45, 7) is 0.477. The van der Waals surface area contributed by atoms with E-state index in [0.717, 1.165) is 15.7 Å². The highest BCUT2D eigenvalue weighted by atomic mass is 79.9. The Morgan fingerprint density at radius 3 is 2.59 bits per heavy atom. The van der Waals surface area contributed by atoms with Crippen molar-refractivity contribution in [1.29, 1.82) is 0 Å². The van der Waals surface area contributed by atoms with Crippen molar-refractivity contribution in [3.8, 4) is 0 Å². The molecule has 0 aliphatic carbocycles. The first-order valence-corrected chi connectivity index (χ1v) is 7.38. The van der Waals surface area contributed by atoms with Gasteiger partial charge in [-0.15, -0.1) is 0 Å². The van der Waals surface area contributed by atoms with E-state index in [9.17, 15) is 14.9 Å². The van der Waals surface area contributed by atoms with Crippen molar-refractivity contribution in [3.63, 3.8) is 0 Å². The number of nitro groups is 1. The minimum atomic E-state index is -0.481. The molecule has 0 aromatic heterocycles. The number of non-ortho nitro benzene ring substituents is 1. The van der Waals surface area contributed by atoms with Crippen LogP contribution in [0.25, 0.3) is 6.08 Å². The Kier molecular flexibility index (Phi) is 3.77. The van der Waals surface area contributed by atoms with Crippen LogP contribution in [0.15, 0.2) is 53.0 Å². The maximum absolute atomic E-state index is 12.6. The summed E-state index contributed by atoms with van der Waals surface area (Å²) in [6.07, 6.45) is 3.89. The predicted octanol–water partition coefficient (Wildman–Crippen LogP) is 4.03. The summed E-state index contributed by atoms with van der Waals surface area (Å²) in [5, 5.41) is 10.7. The van der Waals surface area contributed by atoms with E-state index in [-0.39, 0.29) is 11.6 Å². The van der Waals surface area contributed by atoms with E-state index < -0.39 is 4.92 Å². The van der Waals surface area contributed by atoms with Crippen molar-refractivity contribution in [2.24, 2.45) is 0 Å². The summed E-state index contributed by atoms with van der Waals surface area (Å²) in [6, 6.07) is 11.4. The van der Waals surface area contributed by atoms with Crippen molar-refractivity contribution in [2.45, 2.75) is 0 Å². The number of amides is 1. The molecule has 1 amide bonds. The molecular weight excluding hydrogens is 348 g/mol. The van der Waals surface area contributed by atoms with Gasteiger partial charge in [-0.05, 0) is 35.9 Å². The lowest BCUT2D eigenvalue weighted by molar-refractivity contribution is -0.384. The van der Waals surface area contributed by atoms with Crippen molar-refractivity contribution in [3.05, 3.63) is 74.3 Å². The van der Waals surface area contributed by atoms with Crippen LogP contribution in [0.5, 0.6) is 0 Å². The number of rotatable bonds is 2. The molecule has 3 rings (SSSR count). The molecule has 0 atom stereocenters. The lowest BCUT2D eigenvalue weighted by Crippen LogP contribution is -2.33. The average Bonchev–Trinajstić information content (AvgIpc) is 2.53. The van der Waals surface area contributed by atoms with E-state index in [1.54, 1.807) is 4.90 Å². The number of fused-ring (bicyclic) bond motifs is 1. The second kappa shape index (κ2) is 5.73. The molecule has 0 saturated heterocycles. The molecule has 0 radical (unpaired) electrons. The molecule has 1 aliphatic heterocycles. The van der Waals surface area contributed by atoms with Gasteiger partial charge >= 0.3 is 0 Å². The third-order valence-electron chi connectivity index (χ3n) is 3.44. The standard InChI is InChI=1S/C16H11BrN2O3/c17-13-5-8-15-12(10-13)2-1-9-18(15)16(20)11-3-6-14(7-4-11)19(21)22/h1-8,10H,9H2. The summed E-state index contributed by atoms with van der Waals surface area (Å²) in [5.41, 5.74) is 2.18. The van der Waals surface area contributed by atoms with Crippen LogP contribution in [0.3, 0.4) is 0 Å². The zero-order valence-electron chi connectivity index (χ0n) is 11.4. The SMILES string of the molecule is O=C(c1ccc([N+](=O)[O-])cc1)N1CC=Cc2cc(Br)ccc21. The van der Waals surface area contributed by atoms with E-state index >= 15 is 0 Å². The summed E-state index contributed by atoms with van der Waals surface area (Å²) < 4.78 is 0.945. The van der Waals surface area contributed by atoms with Gasteiger partial charge in [0.25, 0.3) is 11.6 Å². The van der Waals surface area contributed by atoms with Crippen LogP contribution in [0.4, 0.5) is 11.4 Å². The second-order valence-corrected chi connectivity index (χ2v) is 5.74. The van der Waals surface area contributed by atoms with E-state index in [2.05, 4.69) is 15.9 Å². The fourth-order valence-corrected chi connectivity index (χ4v) is 2.74. The largest absolute Gasteiger partial charge is 0.304 e. The van der Waals surface area contributed by atoms with Gasteiger partial charge < -0.3 is 4.90 Å². The number of anilines is 1. The fraction of sp³-hybridized carbons (Fsp3) is 0.0625. The topological polar surface area (TPSA) is 63.4 Å². The van der Waals surface area contributed by atoms with Gasteiger partial charge in [0.15, 0.2) is 0 Å². The lowest BCUT2D eigenvalue weighted by atomic mass is 10.1. The molecule has 0 spiro atoms. The Morgan fingerprint density at radius 1 is 1.18 bits per heavy atom. The van der Waals surface area contributed by atoms with Crippen LogP contribution in [-0.2, 0) is 0 Å². The Labute approximate surface area is 135 Å². The maximum Gasteiger partial charge on any atom is 0.269 e. The van der Waals surface area contributed by atoms with Gasteiger partial charge in [-0.25, -0.2) is 0 Å². The predicted molar refractivity (Wildman–Crippen MR) is 87.9 cm³/mol. The number of hydrogen-bond acceptors (Lipinski definition) is 3. The quantitative estimate of drug-likeness (QED) is 0.601. The highest BCUT2D eigenvalue weighted by Gasteiger charge is 2.21. The molecule has 0 saturated carbocycles. The minimum Gasteiger partial charge on any atom is -0.304 e. The van der Waals surface area contributed by atoms with Crippen molar-refractivity contribution >= 4 is 39.3 Å². The lowest BCUT2D eigenvalue weighted by Gasteiger charge is -2.26. The third kappa shape index (κ3) is 2.65. The molecule has 6 heteroatoms. The number of benzene rings is 2. The van der Waals surface area contributed by atoms with E-state index in [1.807, 2.05) is 30.4 Å². The number of nitro benzene ring substituents is 1. The van der Waals surface area contributed by atoms with Crippen LogP contribution in [0.1, 0.15) is 15.9 Å². The maximum atomic E-state index is 12.6. The third-order valence-corrected chi connectivity index (χ3v) is 3.93. The Hall–Kier alpha value is -2.47. The highest BCUT2D eigenvalue weighted by Crippen LogP contribution is 2.30. The van der Waals surface area contributed by atoms with Gasteiger partial charge in [0, 0.05) is 28.7 Å². The fourth-order valence-electron chi connectivity index (χ4n) is 2.36. The minimum absolute atomic E-state index is 0.0283. The first kappa shape index (κ1) is 14.5. The normalized spacial score (nSPS) is 12.9. The van der Waals surface area contributed by atoms with Crippen molar-refractivity contribution in [1.82, 2.24) is 0 Å². The number of carbonyl (C=O) groups excluding carboxylic acids is 1. The van der Waals surface area contributed by atoms with Gasteiger partial charge in [-0.2, -0.15) is 0 Å². The summed E-state index contributed by atoms with van der Waals surface area (Å²) in [7, 11) is 0. The van der Waals surface area contributed by atoms with Gasteiger partial charge in [0.1, 0.15) is 0 Å². The van der Waals surface area contributed by atoms with Crippen LogP contribution >= 0.6 is 15.9 Å². The van der Waals surface area contributed by atoms with Gasteiger partial charge in [0.05, 0.1) is 10.6 Å². The number of halogens is 1. The summed E-state index contributed by atoms with van der Waals surface area (Å²) in [5.74, 6) is -0.178. The molecule has 0 N–H and O–H groups in total. The van der Waals surface area contributed by atoms with Gasteiger partial charge in [-0.3, -0.25) is 14.9 Å². The molecule has 22 heavy (non-hydrogen) atoms. The van der Waals surface area contributed by atoms with Crippen molar-refractivity contribution < 1.29 is 9.72 Å². The molecule has 2 aromatic rings. The molecule has 110 valence electrons. The molecule has 2 aromatic carbocycles. The first-order valence-electron chi connectivity index (χ1n) is 6.58. The van der Waals surface area contributed by atoms with Crippen molar-refractivity contribution in [2.75, 3.05) is 11.4 Å². The van der Waals surface area contributed by atoms with E-state index in [0.29, 0.717) is 12.1 Å². The average molecular weight is 359 g/mol. The van der Waals surface area contributed by atoms with Crippen LogP contribution in [-0.4, -0.2) is 17.4 Å². The number of hydrogen-bond donors (Lipinski definition) is 0. The van der Waals surface area contributed by atoms with Gasteiger partial charge in [-0.1, -0.05) is 28.1 Å². The van der Waals surface area contributed by atoms with Crippen LogP contribution in [0.2, 0.25) is 0 Å². The first-order chi connectivity index (χ1) is 10.6. The monoisotopic (exact) mass is 358 g/mol. The molecule has 0 unspecified atom stereocenters. The summed E-state index contributed by atoms with van der Waals surface area (Å²) >= 11 is 3.41. The van der Waals surface area contributed by atoms with Crippen LogP contribution < -0.4 is 4.90 Å². The molecular formula is C16H11BrN2O3. The highest BCUT2D eigenvalue weighted by molar-refractivity contribution is 9.10. The molecule has 0 bridgehead atoms. The Morgan fingerprint density at radius 2 is 1.91 bits per heavy atom. The molecule has 1 aliphatic rings. The van der Waals surface area contributed by atoms with E-state index in [1.165, 1.54) is 24.3 Å². The molecule has 0 fully saturated rings. The number of nitrogens with zero attached hydrogens (tertiary/aromatic N) is 2. The Bertz CT molecular complexity index is 784. The smallest absolute Gasteiger partial charge is 0.269 e.